The molecule has 0 aromatic heterocycles. The topological polar surface area (TPSA) is 79.6 Å². The predicted molar refractivity (Wildman–Crippen MR) is 107 cm³/mol. The van der Waals surface area contributed by atoms with E-state index in [0.29, 0.717) is 23.3 Å². The van der Waals surface area contributed by atoms with Crippen molar-refractivity contribution in [3.8, 4) is 0 Å². The van der Waals surface area contributed by atoms with Gasteiger partial charge in [-0.15, -0.1) is 24.0 Å². The van der Waals surface area contributed by atoms with Crippen LogP contribution in [0.5, 0.6) is 0 Å². The molecule has 1 aromatic carbocycles. The Hall–Kier alpha value is -1.03. The summed E-state index contributed by atoms with van der Waals surface area (Å²) in [6.07, 6.45) is 2.52. The number of thioether (sulfide) groups is 1. The number of nitro groups is 1. The lowest BCUT2D eigenvalue weighted by Crippen LogP contribution is -2.40. The summed E-state index contributed by atoms with van der Waals surface area (Å²) in [5.41, 5.74) is 0.744. The number of para-hydroxylation sites is 1. The van der Waals surface area contributed by atoms with E-state index in [1.54, 1.807) is 18.2 Å². The smallest absolute Gasteiger partial charge is 0.274 e. The van der Waals surface area contributed by atoms with E-state index in [0.717, 1.165) is 13.1 Å². The summed E-state index contributed by atoms with van der Waals surface area (Å²) in [5.74, 6) is 1.95. The molecule has 1 atom stereocenters. The minimum absolute atomic E-state index is 0. The molecule has 0 aliphatic carbocycles. The average molecular weight is 450 g/mol. The molecule has 1 aliphatic rings. The van der Waals surface area contributed by atoms with Gasteiger partial charge in [-0.25, -0.2) is 4.99 Å². The van der Waals surface area contributed by atoms with Gasteiger partial charge in [0.1, 0.15) is 0 Å². The maximum atomic E-state index is 11.0. The minimum atomic E-state index is -0.361. The van der Waals surface area contributed by atoms with Gasteiger partial charge in [-0.3, -0.25) is 10.1 Å². The molecule has 1 unspecified atom stereocenters. The summed E-state index contributed by atoms with van der Waals surface area (Å²) in [6.45, 7) is 3.95. The molecule has 1 aromatic rings. The van der Waals surface area contributed by atoms with E-state index in [-0.39, 0.29) is 34.6 Å². The predicted octanol–water partition coefficient (Wildman–Crippen LogP) is 3.16. The van der Waals surface area contributed by atoms with Gasteiger partial charge < -0.3 is 10.6 Å². The molecule has 1 heterocycles. The van der Waals surface area contributed by atoms with Gasteiger partial charge >= 0.3 is 0 Å². The summed E-state index contributed by atoms with van der Waals surface area (Å²) in [4.78, 5) is 15.1. The maximum absolute atomic E-state index is 11.0. The van der Waals surface area contributed by atoms with E-state index in [1.807, 2.05) is 18.7 Å². The Bertz CT molecular complexity index is 536. The second-order valence-corrected chi connectivity index (χ2v) is 6.51. The number of benzene rings is 1. The fourth-order valence-corrected chi connectivity index (χ4v) is 3.55. The first-order valence-electron chi connectivity index (χ1n) is 7.56. The molecule has 23 heavy (non-hydrogen) atoms. The van der Waals surface area contributed by atoms with Crippen molar-refractivity contribution in [3.63, 3.8) is 0 Å². The fraction of sp³-hybridized carbons (Fsp3) is 0.533. The van der Waals surface area contributed by atoms with Crippen LogP contribution >= 0.6 is 35.7 Å². The van der Waals surface area contributed by atoms with Crippen molar-refractivity contribution in [1.82, 2.24) is 10.6 Å². The SMILES string of the molecule is CCNC(=NCc1ccccc1[N+](=O)[O-])NCC1CCCS1.I. The molecule has 0 spiro atoms. The average Bonchev–Trinajstić information content (AvgIpc) is 3.03. The Morgan fingerprint density at radius 1 is 1.43 bits per heavy atom. The zero-order valence-corrected chi connectivity index (χ0v) is 16.3. The van der Waals surface area contributed by atoms with Gasteiger partial charge in [0.15, 0.2) is 5.96 Å². The summed E-state index contributed by atoms with van der Waals surface area (Å²) in [7, 11) is 0. The second-order valence-electron chi connectivity index (χ2n) is 5.10. The van der Waals surface area contributed by atoms with Crippen LogP contribution in [0.25, 0.3) is 0 Å². The van der Waals surface area contributed by atoms with Crippen LogP contribution in [-0.4, -0.2) is 35.0 Å². The Morgan fingerprint density at radius 3 is 2.87 bits per heavy atom. The van der Waals surface area contributed by atoms with Crippen LogP contribution in [0.4, 0.5) is 5.69 Å². The van der Waals surface area contributed by atoms with Crippen molar-refractivity contribution in [2.45, 2.75) is 31.6 Å². The number of guanidine groups is 1. The fourth-order valence-electron chi connectivity index (χ4n) is 2.34. The minimum Gasteiger partial charge on any atom is -0.357 e. The van der Waals surface area contributed by atoms with Gasteiger partial charge in [0.05, 0.1) is 17.0 Å². The molecule has 128 valence electrons. The van der Waals surface area contributed by atoms with Crippen molar-refractivity contribution in [2.75, 3.05) is 18.8 Å². The summed E-state index contributed by atoms with van der Waals surface area (Å²) < 4.78 is 0. The van der Waals surface area contributed by atoms with Crippen LogP contribution in [0, 0.1) is 10.1 Å². The highest BCUT2D eigenvalue weighted by Gasteiger charge is 2.16. The van der Waals surface area contributed by atoms with Crippen LogP contribution in [0.15, 0.2) is 29.3 Å². The number of hydrogen-bond donors (Lipinski definition) is 2. The first-order valence-corrected chi connectivity index (χ1v) is 8.61. The number of nitrogens with zero attached hydrogens (tertiary/aromatic N) is 2. The quantitative estimate of drug-likeness (QED) is 0.229. The van der Waals surface area contributed by atoms with Crippen molar-refractivity contribution in [2.24, 2.45) is 4.99 Å². The number of hydrogen-bond acceptors (Lipinski definition) is 4. The lowest BCUT2D eigenvalue weighted by molar-refractivity contribution is -0.385. The lowest BCUT2D eigenvalue weighted by Gasteiger charge is -2.14. The number of aliphatic imine (C=N–C) groups is 1. The number of nitrogens with one attached hydrogen (secondary N) is 2. The van der Waals surface area contributed by atoms with Crippen LogP contribution in [-0.2, 0) is 6.54 Å². The molecule has 8 heteroatoms. The second kappa shape index (κ2) is 10.7. The van der Waals surface area contributed by atoms with Gasteiger partial charge in [0.25, 0.3) is 5.69 Å². The third kappa shape index (κ3) is 6.54. The van der Waals surface area contributed by atoms with Crippen LogP contribution in [0.2, 0.25) is 0 Å². The normalized spacial score (nSPS) is 17.4. The third-order valence-electron chi connectivity index (χ3n) is 3.46. The van der Waals surface area contributed by atoms with Crippen LogP contribution in [0.1, 0.15) is 25.3 Å². The Labute approximate surface area is 158 Å². The van der Waals surface area contributed by atoms with E-state index in [9.17, 15) is 10.1 Å². The Morgan fingerprint density at radius 2 is 2.22 bits per heavy atom. The monoisotopic (exact) mass is 450 g/mol. The first kappa shape index (κ1) is 20.0. The highest BCUT2D eigenvalue weighted by Crippen LogP contribution is 2.25. The van der Waals surface area contributed by atoms with Gasteiger partial charge in [-0.05, 0) is 25.5 Å². The van der Waals surface area contributed by atoms with E-state index >= 15 is 0 Å². The van der Waals surface area contributed by atoms with Gasteiger partial charge in [0.2, 0.25) is 0 Å². The third-order valence-corrected chi connectivity index (χ3v) is 4.86. The molecular formula is C15H23IN4O2S. The standard InChI is InChI=1S/C15H22N4O2S.HI/c1-2-16-15(18-11-13-7-5-9-22-13)17-10-12-6-3-4-8-14(12)19(20)21;/h3-4,6,8,13H,2,5,7,9-11H2,1H3,(H2,16,17,18);1H. The number of rotatable bonds is 6. The maximum Gasteiger partial charge on any atom is 0.274 e. The number of nitro benzene ring substituents is 1. The van der Waals surface area contributed by atoms with E-state index in [4.69, 9.17) is 0 Å². The molecular weight excluding hydrogens is 427 g/mol. The van der Waals surface area contributed by atoms with Crippen molar-refractivity contribution in [3.05, 3.63) is 39.9 Å². The Kier molecular flexibility index (Phi) is 9.30. The molecule has 0 saturated carbocycles. The zero-order valence-electron chi connectivity index (χ0n) is 13.2. The van der Waals surface area contributed by atoms with Crippen molar-refractivity contribution < 1.29 is 4.92 Å². The zero-order chi connectivity index (χ0) is 15.8. The van der Waals surface area contributed by atoms with Gasteiger partial charge in [-0.2, -0.15) is 11.8 Å². The van der Waals surface area contributed by atoms with E-state index in [1.165, 1.54) is 24.7 Å². The van der Waals surface area contributed by atoms with Gasteiger partial charge in [-0.1, -0.05) is 18.2 Å². The number of halogens is 1. The molecule has 6 nitrogen and oxygen atoms in total. The lowest BCUT2D eigenvalue weighted by atomic mass is 10.2. The van der Waals surface area contributed by atoms with Crippen molar-refractivity contribution in [1.29, 1.82) is 0 Å². The molecule has 1 saturated heterocycles. The summed E-state index contributed by atoms with van der Waals surface area (Å²) >= 11 is 1.99. The molecule has 0 amide bonds. The first-order chi connectivity index (χ1) is 10.7. The molecule has 2 rings (SSSR count). The summed E-state index contributed by atoms with van der Waals surface area (Å²) in [5, 5.41) is 18.2. The molecule has 1 aliphatic heterocycles. The molecule has 0 radical (unpaired) electrons. The van der Waals surface area contributed by atoms with Gasteiger partial charge in [0, 0.05) is 24.4 Å². The Balaban J connectivity index is 0.00000264. The van der Waals surface area contributed by atoms with Crippen LogP contribution in [0.3, 0.4) is 0 Å². The molecule has 1 fully saturated rings. The molecule has 2 N–H and O–H groups in total. The van der Waals surface area contributed by atoms with E-state index < -0.39 is 0 Å². The van der Waals surface area contributed by atoms with E-state index in [2.05, 4.69) is 15.6 Å². The van der Waals surface area contributed by atoms with Crippen LogP contribution < -0.4 is 10.6 Å². The highest BCUT2D eigenvalue weighted by molar-refractivity contribution is 14.0. The highest BCUT2D eigenvalue weighted by atomic mass is 127. The summed E-state index contributed by atoms with van der Waals surface area (Å²) in [6, 6.07) is 6.73. The molecule has 0 bridgehead atoms. The largest absolute Gasteiger partial charge is 0.357 e. The van der Waals surface area contributed by atoms with Crippen molar-refractivity contribution >= 4 is 47.4 Å².